The zero-order valence-corrected chi connectivity index (χ0v) is 26.6. The van der Waals surface area contributed by atoms with E-state index in [1.807, 2.05) is 22.7 Å². The first-order valence-electron chi connectivity index (χ1n) is 16.0. The van der Waals surface area contributed by atoms with Crippen molar-refractivity contribution in [2.75, 3.05) is 0 Å². The zero-order valence-electron chi connectivity index (χ0n) is 25.0. The highest BCUT2D eigenvalue weighted by Gasteiger charge is 2.28. The van der Waals surface area contributed by atoms with Crippen LogP contribution in [0.25, 0.3) is 42.4 Å². The van der Waals surface area contributed by atoms with Crippen LogP contribution in [0.15, 0.2) is 84.9 Å². The average Bonchev–Trinajstić information content (AvgIpc) is 3.62. The Morgan fingerprint density at radius 3 is 1.40 bits per heavy atom. The molecule has 1 aliphatic rings. The Bertz CT molecular complexity index is 1830. The minimum atomic E-state index is 1.11. The molecule has 2 heterocycles. The van der Waals surface area contributed by atoms with Gasteiger partial charge < -0.3 is 0 Å². The summed E-state index contributed by atoms with van der Waals surface area (Å²) in [5.41, 5.74) is 11.7. The Kier molecular flexibility index (Phi) is 8.02. The van der Waals surface area contributed by atoms with Crippen molar-refractivity contribution in [1.29, 1.82) is 0 Å². The molecule has 0 unspecified atom stereocenters. The minimum absolute atomic E-state index is 1.11. The Balaban J connectivity index is 1.04. The van der Waals surface area contributed by atoms with Crippen molar-refractivity contribution in [3.05, 3.63) is 117 Å². The molecule has 212 valence electrons. The van der Waals surface area contributed by atoms with Crippen molar-refractivity contribution in [3.8, 4) is 22.3 Å². The summed E-state index contributed by atoms with van der Waals surface area (Å²) in [6, 6.07) is 32.9. The molecule has 1 aliphatic carbocycles. The zero-order chi connectivity index (χ0) is 28.5. The molecule has 0 nitrogen and oxygen atoms in total. The van der Waals surface area contributed by atoms with E-state index in [9.17, 15) is 0 Å². The predicted octanol–water partition coefficient (Wildman–Crippen LogP) is 12.0. The predicted molar refractivity (Wildman–Crippen MR) is 187 cm³/mol. The topological polar surface area (TPSA) is 0 Å². The van der Waals surface area contributed by atoms with Gasteiger partial charge in [0.1, 0.15) is 0 Å². The maximum absolute atomic E-state index is 2.44. The van der Waals surface area contributed by atoms with Crippen molar-refractivity contribution in [2.24, 2.45) is 0 Å². The summed E-state index contributed by atoms with van der Waals surface area (Å²) in [4.78, 5) is 3.00. The maximum Gasteiger partial charge on any atom is 0.0430 e. The second-order valence-corrected chi connectivity index (χ2v) is 14.3. The monoisotopic (exact) mass is 584 g/mol. The van der Waals surface area contributed by atoms with E-state index in [0.29, 0.717) is 0 Å². The number of aryl methyl sites for hydroxylation is 6. The van der Waals surface area contributed by atoms with Gasteiger partial charge in [-0.25, -0.2) is 0 Å². The van der Waals surface area contributed by atoms with E-state index >= 15 is 0 Å². The third-order valence-corrected chi connectivity index (χ3v) is 11.6. The number of hydrogen-bond donors (Lipinski definition) is 0. The molecule has 0 saturated carbocycles. The van der Waals surface area contributed by atoms with Crippen LogP contribution in [0.5, 0.6) is 0 Å². The largest absolute Gasteiger partial charge is 0.140 e. The van der Waals surface area contributed by atoms with Crippen molar-refractivity contribution >= 4 is 42.8 Å². The molecular formula is C40H40S2. The maximum atomic E-state index is 2.44. The summed E-state index contributed by atoms with van der Waals surface area (Å²) in [5, 5.41) is 2.81. The van der Waals surface area contributed by atoms with Gasteiger partial charge in [0, 0.05) is 30.3 Å². The van der Waals surface area contributed by atoms with Gasteiger partial charge in [-0.2, -0.15) is 0 Å². The van der Waals surface area contributed by atoms with E-state index in [1.165, 1.54) is 107 Å². The highest BCUT2D eigenvalue weighted by atomic mass is 32.1. The molecule has 0 spiro atoms. The Morgan fingerprint density at radius 2 is 0.929 bits per heavy atom. The van der Waals surface area contributed by atoms with Crippen molar-refractivity contribution < 1.29 is 0 Å². The van der Waals surface area contributed by atoms with Crippen molar-refractivity contribution in [1.82, 2.24) is 0 Å². The van der Waals surface area contributed by atoms with E-state index < -0.39 is 0 Å². The molecule has 0 radical (unpaired) electrons. The molecule has 0 bridgehead atoms. The first-order valence-corrected chi connectivity index (χ1v) is 17.6. The second kappa shape index (κ2) is 12.2. The van der Waals surface area contributed by atoms with Crippen LogP contribution in [0.4, 0.5) is 0 Å². The molecule has 42 heavy (non-hydrogen) atoms. The van der Waals surface area contributed by atoms with Gasteiger partial charge in [-0.15, -0.1) is 22.7 Å². The molecule has 0 N–H and O–H groups in total. The van der Waals surface area contributed by atoms with Crippen LogP contribution in [0.1, 0.15) is 71.5 Å². The SMILES string of the molecule is CCCCCCc1ccc(CCc2cc3ccc4c(c3s2)-c2ccc3cc(CCc5ccc(CC)cc5)sc3c2-4)cc1. The molecule has 2 aromatic heterocycles. The molecule has 4 aromatic carbocycles. The van der Waals surface area contributed by atoms with E-state index in [-0.39, 0.29) is 0 Å². The molecule has 0 saturated heterocycles. The molecule has 0 amide bonds. The standard InChI is InChI=1S/C40H40S2/c1-3-5-6-7-8-28-13-15-30(16-14-28)18-22-34-26-32-20-24-36-37-35(38(36)40(32)42-34)23-19-31-25-33(41-39(31)37)21-17-29-11-9-27(4-2)10-12-29/h9-16,19-20,23-26H,3-8,17-18,21-22H2,1-2H3. The number of rotatable bonds is 12. The summed E-state index contributed by atoms with van der Waals surface area (Å²) in [6.45, 7) is 4.50. The fraction of sp³-hybridized carbons (Fsp3) is 0.300. The van der Waals surface area contributed by atoms with Crippen LogP contribution in [-0.4, -0.2) is 0 Å². The van der Waals surface area contributed by atoms with E-state index in [1.54, 1.807) is 0 Å². The summed E-state index contributed by atoms with van der Waals surface area (Å²) in [7, 11) is 0. The number of hydrogen-bond acceptors (Lipinski definition) is 2. The third-order valence-electron chi connectivity index (χ3n) is 9.11. The lowest BCUT2D eigenvalue weighted by atomic mass is 9.79. The molecule has 6 aromatic rings. The molecule has 0 atom stereocenters. The van der Waals surface area contributed by atoms with Gasteiger partial charge in [0.15, 0.2) is 0 Å². The lowest BCUT2D eigenvalue weighted by molar-refractivity contribution is 0.667. The van der Waals surface area contributed by atoms with Crippen LogP contribution >= 0.6 is 22.7 Å². The number of thiophene rings is 2. The first-order chi connectivity index (χ1) is 20.7. The van der Waals surface area contributed by atoms with E-state index in [4.69, 9.17) is 0 Å². The van der Waals surface area contributed by atoms with E-state index in [2.05, 4.69) is 98.8 Å². The molecule has 0 aliphatic heterocycles. The van der Waals surface area contributed by atoms with Gasteiger partial charge >= 0.3 is 0 Å². The smallest absolute Gasteiger partial charge is 0.0430 e. The Hall–Kier alpha value is -3.20. The fourth-order valence-corrected chi connectivity index (χ4v) is 8.99. The van der Waals surface area contributed by atoms with Crippen LogP contribution in [0.3, 0.4) is 0 Å². The quantitative estimate of drug-likeness (QED) is 0.125. The normalized spacial score (nSPS) is 12.0. The summed E-state index contributed by atoms with van der Waals surface area (Å²) in [5.74, 6) is 0. The minimum Gasteiger partial charge on any atom is -0.140 e. The van der Waals surface area contributed by atoms with Gasteiger partial charge in [-0.3, -0.25) is 0 Å². The van der Waals surface area contributed by atoms with Gasteiger partial charge in [0.25, 0.3) is 0 Å². The number of benzene rings is 4. The fourth-order valence-electron chi connectivity index (χ4n) is 6.55. The van der Waals surface area contributed by atoms with Crippen LogP contribution in [0, 0.1) is 0 Å². The van der Waals surface area contributed by atoms with Crippen molar-refractivity contribution in [2.45, 2.75) is 78.1 Å². The second-order valence-electron chi connectivity index (χ2n) is 12.0. The Labute approximate surface area is 259 Å². The highest BCUT2D eigenvalue weighted by Crippen LogP contribution is 2.56. The van der Waals surface area contributed by atoms with Crippen molar-refractivity contribution in [3.63, 3.8) is 0 Å². The molecule has 0 fully saturated rings. The summed E-state index contributed by atoms with van der Waals surface area (Å²) >= 11 is 4.02. The first kappa shape index (κ1) is 27.6. The van der Waals surface area contributed by atoms with Gasteiger partial charge in [-0.1, -0.05) is 106 Å². The Morgan fingerprint density at radius 1 is 0.452 bits per heavy atom. The molecular weight excluding hydrogens is 545 g/mol. The number of unbranched alkanes of at least 4 members (excludes halogenated alkanes) is 3. The van der Waals surface area contributed by atoms with Crippen LogP contribution in [0.2, 0.25) is 0 Å². The van der Waals surface area contributed by atoms with Crippen LogP contribution < -0.4 is 0 Å². The van der Waals surface area contributed by atoms with Gasteiger partial charge in [-0.05, 0) is 101 Å². The average molecular weight is 585 g/mol. The summed E-state index contributed by atoms with van der Waals surface area (Å²) < 4.78 is 2.95. The number of fused-ring (bicyclic) bond motifs is 8. The van der Waals surface area contributed by atoms with Crippen LogP contribution in [-0.2, 0) is 38.5 Å². The van der Waals surface area contributed by atoms with Gasteiger partial charge in [0.2, 0.25) is 0 Å². The third kappa shape index (κ3) is 5.48. The molecule has 2 heteroatoms. The molecule has 7 rings (SSSR count). The van der Waals surface area contributed by atoms with E-state index in [0.717, 1.165) is 32.1 Å². The lowest BCUT2D eigenvalue weighted by Crippen LogP contribution is -1.98. The van der Waals surface area contributed by atoms with Gasteiger partial charge in [0.05, 0.1) is 0 Å². The highest BCUT2D eigenvalue weighted by molar-refractivity contribution is 7.20. The summed E-state index contributed by atoms with van der Waals surface area (Å²) in [6.07, 6.45) is 12.1. The lowest BCUT2D eigenvalue weighted by Gasteiger charge is -2.25.